The van der Waals surface area contributed by atoms with Crippen LogP contribution in [0.25, 0.3) is 10.8 Å². The van der Waals surface area contributed by atoms with Crippen molar-refractivity contribution in [3.8, 4) is 11.5 Å². The lowest BCUT2D eigenvalue weighted by Crippen LogP contribution is -2.38. The van der Waals surface area contributed by atoms with Gasteiger partial charge in [-0.25, -0.2) is 4.68 Å². The average Bonchev–Trinajstić information content (AvgIpc) is 2.79. The van der Waals surface area contributed by atoms with Crippen LogP contribution in [0.1, 0.15) is 18.4 Å². The zero-order chi connectivity index (χ0) is 20.9. The van der Waals surface area contributed by atoms with Gasteiger partial charge in [-0.1, -0.05) is 30.3 Å². The van der Waals surface area contributed by atoms with Gasteiger partial charge in [0, 0.05) is 11.9 Å². The second kappa shape index (κ2) is 10.6. The Labute approximate surface area is 189 Å². The summed E-state index contributed by atoms with van der Waals surface area (Å²) in [7, 11) is 3.16. The quantitative estimate of drug-likeness (QED) is 0.556. The van der Waals surface area contributed by atoms with Crippen LogP contribution in [0.2, 0.25) is 0 Å². The molecule has 4 rings (SSSR count). The van der Waals surface area contributed by atoms with Crippen LogP contribution < -0.4 is 15.0 Å². The predicted octanol–water partition coefficient (Wildman–Crippen LogP) is 3.79. The van der Waals surface area contributed by atoms with E-state index in [2.05, 4.69) is 40.3 Å². The van der Waals surface area contributed by atoms with Gasteiger partial charge in [-0.3, -0.25) is 4.79 Å². The summed E-state index contributed by atoms with van der Waals surface area (Å²) in [6, 6.07) is 14.3. The van der Waals surface area contributed by atoms with Crippen molar-refractivity contribution < 1.29 is 9.47 Å². The highest BCUT2D eigenvalue weighted by molar-refractivity contribution is 5.85. The first-order valence-corrected chi connectivity index (χ1v) is 10.6. The Bertz CT molecular complexity index is 1050. The molecule has 1 aliphatic heterocycles. The molecule has 1 aliphatic rings. The SMILES string of the molecule is COc1cc2cnn(CCN3CCC(Cc4ccccc4)CC3)c(=O)c2cc1OC.Cl. The van der Waals surface area contributed by atoms with Gasteiger partial charge >= 0.3 is 0 Å². The predicted molar refractivity (Wildman–Crippen MR) is 126 cm³/mol. The van der Waals surface area contributed by atoms with Crippen molar-refractivity contribution in [2.24, 2.45) is 5.92 Å². The van der Waals surface area contributed by atoms with Crippen LogP contribution in [0, 0.1) is 5.92 Å². The normalized spacial score (nSPS) is 14.9. The van der Waals surface area contributed by atoms with Gasteiger partial charge in [0.15, 0.2) is 11.5 Å². The van der Waals surface area contributed by atoms with Gasteiger partial charge in [0.05, 0.1) is 32.3 Å². The maximum atomic E-state index is 12.9. The molecule has 3 aromatic rings. The molecule has 2 aromatic carbocycles. The van der Waals surface area contributed by atoms with E-state index >= 15 is 0 Å². The van der Waals surface area contributed by atoms with Crippen molar-refractivity contribution in [2.75, 3.05) is 33.9 Å². The van der Waals surface area contributed by atoms with E-state index in [-0.39, 0.29) is 18.0 Å². The van der Waals surface area contributed by atoms with Crippen LogP contribution in [0.3, 0.4) is 0 Å². The van der Waals surface area contributed by atoms with E-state index < -0.39 is 0 Å². The minimum atomic E-state index is -0.0904. The van der Waals surface area contributed by atoms with Crippen molar-refractivity contribution in [2.45, 2.75) is 25.8 Å². The first kappa shape index (κ1) is 23.1. The van der Waals surface area contributed by atoms with E-state index in [1.54, 1.807) is 37.2 Å². The second-order valence-electron chi connectivity index (χ2n) is 7.94. The van der Waals surface area contributed by atoms with Crippen molar-refractivity contribution in [1.29, 1.82) is 0 Å². The Kier molecular flexibility index (Phi) is 7.93. The molecule has 0 unspecified atom stereocenters. The molecule has 2 heterocycles. The van der Waals surface area contributed by atoms with Crippen LogP contribution in [0.5, 0.6) is 11.5 Å². The third-order valence-electron chi connectivity index (χ3n) is 6.06. The van der Waals surface area contributed by atoms with Crippen LogP contribution in [0.4, 0.5) is 0 Å². The minimum absolute atomic E-state index is 0. The second-order valence-corrected chi connectivity index (χ2v) is 7.94. The van der Waals surface area contributed by atoms with Gasteiger partial charge in [0.1, 0.15) is 0 Å². The van der Waals surface area contributed by atoms with Gasteiger partial charge < -0.3 is 14.4 Å². The van der Waals surface area contributed by atoms with E-state index in [0.717, 1.165) is 37.4 Å². The molecular weight excluding hydrogens is 414 g/mol. The van der Waals surface area contributed by atoms with Gasteiger partial charge in [0.25, 0.3) is 5.56 Å². The number of hydrogen-bond acceptors (Lipinski definition) is 5. The zero-order valence-electron chi connectivity index (χ0n) is 18.1. The Morgan fingerprint density at radius 1 is 1.00 bits per heavy atom. The molecule has 0 amide bonds. The number of halogens is 1. The van der Waals surface area contributed by atoms with E-state index in [1.165, 1.54) is 18.4 Å². The largest absolute Gasteiger partial charge is 0.493 e. The molecule has 7 heteroatoms. The van der Waals surface area contributed by atoms with E-state index in [1.807, 2.05) is 0 Å². The maximum Gasteiger partial charge on any atom is 0.274 e. The lowest BCUT2D eigenvalue weighted by atomic mass is 9.90. The molecule has 1 saturated heterocycles. The van der Waals surface area contributed by atoms with Gasteiger partial charge in [-0.2, -0.15) is 5.10 Å². The number of nitrogens with zero attached hydrogens (tertiary/aromatic N) is 3. The van der Waals surface area contributed by atoms with E-state index in [4.69, 9.17) is 9.47 Å². The number of rotatable bonds is 7. The van der Waals surface area contributed by atoms with Crippen LogP contribution in [-0.2, 0) is 13.0 Å². The van der Waals surface area contributed by atoms with Crippen LogP contribution in [0.15, 0.2) is 53.5 Å². The van der Waals surface area contributed by atoms with Crippen molar-refractivity contribution in [3.05, 3.63) is 64.6 Å². The number of ether oxygens (including phenoxy) is 2. The monoisotopic (exact) mass is 443 g/mol. The van der Waals surface area contributed by atoms with E-state index in [9.17, 15) is 4.79 Å². The minimum Gasteiger partial charge on any atom is -0.493 e. The molecule has 6 nitrogen and oxygen atoms in total. The topological polar surface area (TPSA) is 56.6 Å². The lowest BCUT2D eigenvalue weighted by molar-refractivity contribution is 0.176. The Balaban J connectivity index is 0.00000272. The maximum absolute atomic E-state index is 12.9. The summed E-state index contributed by atoms with van der Waals surface area (Å²) in [6.45, 7) is 3.58. The third kappa shape index (κ3) is 5.38. The molecule has 31 heavy (non-hydrogen) atoms. The summed E-state index contributed by atoms with van der Waals surface area (Å²) in [5.74, 6) is 1.90. The molecule has 0 aliphatic carbocycles. The number of fused-ring (bicyclic) bond motifs is 1. The van der Waals surface area contributed by atoms with Crippen molar-refractivity contribution in [3.63, 3.8) is 0 Å². The summed E-state index contributed by atoms with van der Waals surface area (Å²) in [5, 5.41) is 5.73. The molecule has 1 fully saturated rings. The highest BCUT2D eigenvalue weighted by atomic mass is 35.5. The summed E-state index contributed by atoms with van der Waals surface area (Å²) in [6.07, 6.45) is 5.29. The van der Waals surface area contributed by atoms with Crippen LogP contribution in [-0.4, -0.2) is 48.5 Å². The summed E-state index contributed by atoms with van der Waals surface area (Å²) >= 11 is 0. The standard InChI is InChI=1S/C24H29N3O3.ClH/c1-29-22-15-20-17-25-27(24(28)21(20)16-23(22)30-2)13-12-26-10-8-19(9-11-26)14-18-6-4-3-5-7-18;/h3-7,15-17,19H,8-14H2,1-2H3;1H. The lowest BCUT2D eigenvalue weighted by Gasteiger charge is -2.32. The molecule has 0 saturated carbocycles. The molecule has 0 bridgehead atoms. The summed E-state index contributed by atoms with van der Waals surface area (Å²) in [5.41, 5.74) is 1.34. The number of benzene rings is 2. The molecule has 0 spiro atoms. The average molecular weight is 444 g/mol. The smallest absolute Gasteiger partial charge is 0.274 e. The van der Waals surface area contributed by atoms with Gasteiger partial charge in [-0.15, -0.1) is 12.4 Å². The van der Waals surface area contributed by atoms with Crippen molar-refractivity contribution in [1.82, 2.24) is 14.7 Å². The molecule has 1 aromatic heterocycles. The molecular formula is C24H30ClN3O3. The van der Waals surface area contributed by atoms with Gasteiger partial charge in [-0.05, 0) is 56.0 Å². The first-order chi connectivity index (χ1) is 14.7. The third-order valence-corrected chi connectivity index (χ3v) is 6.06. The summed E-state index contributed by atoms with van der Waals surface area (Å²) in [4.78, 5) is 15.3. The Hall–Kier alpha value is -2.57. The zero-order valence-corrected chi connectivity index (χ0v) is 18.9. The van der Waals surface area contributed by atoms with Gasteiger partial charge in [0.2, 0.25) is 0 Å². The number of piperidine rings is 1. The summed E-state index contributed by atoms with van der Waals surface area (Å²) < 4.78 is 12.2. The fourth-order valence-corrected chi connectivity index (χ4v) is 4.27. The molecule has 0 radical (unpaired) electrons. The highest BCUT2D eigenvalue weighted by Gasteiger charge is 2.19. The number of methoxy groups -OCH3 is 2. The van der Waals surface area contributed by atoms with E-state index in [0.29, 0.717) is 23.4 Å². The molecule has 166 valence electrons. The highest BCUT2D eigenvalue weighted by Crippen LogP contribution is 2.30. The number of likely N-dealkylation sites (tertiary alicyclic amines) is 1. The number of hydrogen-bond donors (Lipinski definition) is 0. The van der Waals surface area contributed by atoms with Crippen LogP contribution >= 0.6 is 12.4 Å². The fraction of sp³-hybridized carbons (Fsp3) is 0.417. The van der Waals surface area contributed by atoms with Crippen molar-refractivity contribution >= 4 is 23.2 Å². The Morgan fingerprint density at radius 2 is 1.68 bits per heavy atom. The first-order valence-electron chi connectivity index (χ1n) is 10.6. The Morgan fingerprint density at radius 3 is 2.35 bits per heavy atom. The molecule has 0 N–H and O–H groups in total. The molecule has 0 atom stereocenters. The fourth-order valence-electron chi connectivity index (χ4n) is 4.27. The number of aromatic nitrogens is 2.